The summed E-state index contributed by atoms with van der Waals surface area (Å²) < 4.78 is 11.3. The van der Waals surface area contributed by atoms with Gasteiger partial charge in [-0.05, 0) is 45.9 Å². The molecule has 2 aromatic rings. The summed E-state index contributed by atoms with van der Waals surface area (Å²) in [6, 6.07) is 17.9. The Morgan fingerprint density at radius 1 is 0.537 bits per heavy atom. The van der Waals surface area contributed by atoms with Gasteiger partial charge in [0.25, 0.3) is 0 Å². The van der Waals surface area contributed by atoms with Crippen LogP contribution in [0.1, 0.15) is 101 Å². The lowest BCUT2D eigenvalue weighted by Crippen LogP contribution is -2.58. The van der Waals surface area contributed by atoms with Crippen molar-refractivity contribution < 1.29 is 28.7 Å². The Bertz CT molecular complexity index is 1560. The summed E-state index contributed by atoms with van der Waals surface area (Å²) in [5, 5.41) is 0. The van der Waals surface area contributed by atoms with Crippen LogP contribution in [0.25, 0.3) is 0 Å². The van der Waals surface area contributed by atoms with E-state index < -0.39 is 0 Å². The number of urea groups is 2. The molecule has 8 rings (SSSR count). The number of hydrogen-bond acceptors (Lipinski definition) is 6. The van der Waals surface area contributed by atoms with Gasteiger partial charge in [-0.3, -0.25) is 9.59 Å². The number of fused-ring (bicyclic) bond motifs is 2. The summed E-state index contributed by atoms with van der Waals surface area (Å²) in [4.78, 5) is 56.6. The van der Waals surface area contributed by atoms with E-state index >= 15 is 0 Å². The molecule has 4 atom stereocenters. The molecule has 6 heterocycles. The minimum atomic E-state index is 0.119. The molecule has 4 amide bonds. The van der Waals surface area contributed by atoms with E-state index in [2.05, 4.69) is 90.1 Å². The number of benzene rings is 2. The normalized spacial score (nSPS) is 26.6. The third-order valence-electron chi connectivity index (χ3n) is 12.6. The first-order chi connectivity index (χ1) is 25.6. The lowest BCUT2D eigenvalue weighted by Gasteiger charge is -2.46. The Kier molecular flexibility index (Phi) is 11.0. The SMILES string of the molecule is CC(C)(C)c1ccc(C2CN(C(=O)N3CC[C@@H]4OCC(=O)C[C@H]4C3)C2)cc1.CC(C)(C)c1ccc(C2CN(C(=O)N3CC[C@H]4OCC(=O)C[C@@H]4C3)C2)cc1. The molecule has 0 bridgehead atoms. The molecule has 0 aliphatic carbocycles. The maximum Gasteiger partial charge on any atom is 0.320 e. The largest absolute Gasteiger partial charge is 0.370 e. The molecule has 6 aliphatic heterocycles. The van der Waals surface area contributed by atoms with Crippen molar-refractivity contribution in [3.05, 3.63) is 70.8 Å². The predicted octanol–water partition coefficient (Wildman–Crippen LogP) is 6.37. The van der Waals surface area contributed by atoms with Crippen molar-refractivity contribution in [1.82, 2.24) is 19.6 Å². The van der Waals surface area contributed by atoms with Crippen LogP contribution in [0.5, 0.6) is 0 Å². The van der Waals surface area contributed by atoms with Gasteiger partial charge in [-0.1, -0.05) is 90.1 Å². The summed E-state index contributed by atoms with van der Waals surface area (Å²) in [5.74, 6) is 1.53. The van der Waals surface area contributed by atoms with Crippen LogP contribution in [0.2, 0.25) is 0 Å². The van der Waals surface area contributed by atoms with Crippen LogP contribution in [0.4, 0.5) is 9.59 Å². The van der Waals surface area contributed by atoms with Crippen molar-refractivity contribution in [3.8, 4) is 0 Å². The van der Waals surface area contributed by atoms with Crippen molar-refractivity contribution in [3.63, 3.8) is 0 Å². The number of nitrogens with zero attached hydrogens (tertiary/aromatic N) is 4. The van der Waals surface area contributed by atoms with Gasteiger partial charge in [-0.2, -0.15) is 0 Å². The van der Waals surface area contributed by atoms with E-state index in [0.29, 0.717) is 37.8 Å². The van der Waals surface area contributed by atoms with Crippen LogP contribution in [0, 0.1) is 11.8 Å². The molecule has 2 aromatic carbocycles. The van der Waals surface area contributed by atoms with E-state index in [1.807, 2.05) is 19.6 Å². The average molecular weight is 741 g/mol. The molecule has 0 unspecified atom stereocenters. The zero-order chi connectivity index (χ0) is 38.4. The average Bonchev–Trinajstić information content (AvgIpc) is 3.09. The Balaban J connectivity index is 0.000000167. The highest BCUT2D eigenvalue weighted by atomic mass is 16.5. The molecule has 6 fully saturated rings. The molecule has 0 saturated carbocycles. The van der Waals surface area contributed by atoms with Crippen molar-refractivity contribution in [2.45, 2.75) is 102 Å². The summed E-state index contributed by atoms with van der Waals surface area (Å²) >= 11 is 0. The Hall–Kier alpha value is -3.76. The van der Waals surface area contributed by atoms with Crippen LogP contribution in [0.15, 0.2) is 48.5 Å². The molecule has 6 aliphatic rings. The summed E-state index contributed by atoms with van der Waals surface area (Å²) in [6.45, 7) is 19.7. The number of ketones is 2. The number of piperidine rings is 2. The van der Waals surface area contributed by atoms with E-state index in [1.54, 1.807) is 0 Å². The quantitative estimate of drug-likeness (QED) is 0.355. The second kappa shape index (κ2) is 15.4. The van der Waals surface area contributed by atoms with Gasteiger partial charge in [0.2, 0.25) is 0 Å². The Morgan fingerprint density at radius 3 is 1.22 bits per heavy atom. The number of ether oxygens (including phenoxy) is 2. The molecule has 0 N–H and O–H groups in total. The van der Waals surface area contributed by atoms with E-state index in [-0.39, 0.29) is 71.7 Å². The summed E-state index contributed by atoms with van der Waals surface area (Å²) in [7, 11) is 0. The molecule has 0 radical (unpaired) electrons. The molecular weight excluding hydrogens is 681 g/mol. The summed E-state index contributed by atoms with van der Waals surface area (Å²) in [5.41, 5.74) is 5.64. The molecule has 0 aromatic heterocycles. The minimum Gasteiger partial charge on any atom is -0.370 e. The van der Waals surface area contributed by atoms with Gasteiger partial charge < -0.3 is 29.1 Å². The molecule has 292 valence electrons. The van der Waals surface area contributed by atoms with Gasteiger partial charge in [0.1, 0.15) is 13.2 Å². The van der Waals surface area contributed by atoms with Crippen LogP contribution in [-0.2, 0) is 29.9 Å². The lowest BCUT2D eigenvalue weighted by atomic mass is 9.84. The molecule has 10 heteroatoms. The van der Waals surface area contributed by atoms with Crippen LogP contribution >= 0.6 is 0 Å². The number of amides is 4. The maximum atomic E-state index is 12.8. The zero-order valence-corrected chi connectivity index (χ0v) is 33.2. The van der Waals surface area contributed by atoms with E-state index in [1.165, 1.54) is 22.3 Å². The smallest absolute Gasteiger partial charge is 0.320 e. The molecule has 10 nitrogen and oxygen atoms in total. The highest BCUT2D eigenvalue weighted by Crippen LogP contribution is 2.35. The number of likely N-dealkylation sites (tertiary alicyclic amines) is 4. The van der Waals surface area contributed by atoms with Crippen molar-refractivity contribution in [2.24, 2.45) is 11.8 Å². The maximum absolute atomic E-state index is 12.8. The zero-order valence-electron chi connectivity index (χ0n) is 33.2. The topological polar surface area (TPSA) is 99.7 Å². The highest BCUT2D eigenvalue weighted by Gasteiger charge is 2.42. The van der Waals surface area contributed by atoms with E-state index in [9.17, 15) is 19.2 Å². The Morgan fingerprint density at radius 2 is 0.889 bits per heavy atom. The Labute approximate surface area is 321 Å². The number of rotatable bonds is 2. The molecular formula is C44H60N4O6. The second-order valence-electron chi connectivity index (χ2n) is 18.7. The summed E-state index contributed by atoms with van der Waals surface area (Å²) in [6.07, 6.45) is 3.09. The fourth-order valence-corrected chi connectivity index (χ4v) is 8.90. The lowest BCUT2D eigenvalue weighted by molar-refractivity contribution is -0.140. The monoisotopic (exact) mass is 740 g/mol. The number of Topliss-reactive ketones (excluding diaryl/α,β-unsaturated/α-hetero) is 2. The van der Waals surface area contributed by atoms with Crippen LogP contribution < -0.4 is 0 Å². The third-order valence-corrected chi connectivity index (χ3v) is 12.6. The van der Waals surface area contributed by atoms with Crippen molar-refractivity contribution in [2.75, 3.05) is 65.6 Å². The van der Waals surface area contributed by atoms with Gasteiger partial charge in [-0.15, -0.1) is 0 Å². The van der Waals surface area contributed by atoms with Crippen LogP contribution in [0.3, 0.4) is 0 Å². The van der Waals surface area contributed by atoms with Gasteiger partial charge >= 0.3 is 12.1 Å². The standard InChI is InChI=1S/2C22H30N2O3/c2*1-22(2,3)18-6-4-15(5-7-18)17-12-24(13-17)21(26)23-9-8-20-16(11-23)10-19(25)14-27-20/h2*4-7,16-17,20H,8-14H2,1-3H3/t2*16-,20-/m10/s1. The number of hydrogen-bond donors (Lipinski definition) is 0. The van der Waals surface area contributed by atoms with E-state index in [0.717, 1.165) is 52.1 Å². The van der Waals surface area contributed by atoms with E-state index in [4.69, 9.17) is 9.47 Å². The van der Waals surface area contributed by atoms with Gasteiger partial charge in [0.15, 0.2) is 11.6 Å². The van der Waals surface area contributed by atoms with Gasteiger partial charge in [0.05, 0.1) is 12.2 Å². The highest BCUT2D eigenvalue weighted by molar-refractivity contribution is 5.82. The first-order valence-electron chi connectivity index (χ1n) is 20.2. The van der Waals surface area contributed by atoms with Crippen LogP contribution in [-0.4, -0.2) is 121 Å². The first kappa shape index (κ1) is 38.5. The number of carbonyl (C=O) groups is 4. The van der Waals surface area contributed by atoms with Gasteiger partial charge in [-0.25, -0.2) is 9.59 Å². The number of carbonyl (C=O) groups excluding carboxylic acids is 4. The fourth-order valence-electron chi connectivity index (χ4n) is 8.90. The second-order valence-corrected chi connectivity index (χ2v) is 18.7. The fraction of sp³-hybridized carbons (Fsp3) is 0.636. The first-order valence-corrected chi connectivity index (χ1v) is 20.2. The molecule has 54 heavy (non-hydrogen) atoms. The minimum absolute atomic E-state index is 0.119. The van der Waals surface area contributed by atoms with Crippen molar-refractivity contribution in [1.29, 1.82) is 0 Å². The molecule has 0 spiro atoms. The third kappa shape index (κ3) is 8.55. The van der Waals surface area contributed by atoms with Gasteiger partial charge in [0, 0.05) is 88.9 Å². The molecule has 6 saturated heterocycles. The van der Waals surface area contributed by atoms with Crippen molar-refractivity contribution >= 4 is 23.6 Å². The predicted molar refractivity (Wildman–Crippen MR) is 208 cm³/mol.